The van der Waals surface area contributed by atoms with E-state index in [1.54, 1.807) is 0 Å². The van der Waals surface area contributed by atoms with Gasteiger partial charge in [-0.3, -0.25) is 0 Å². The number of rotatable bonds is 13. The van der Waals surface area contributed by atoms with Crippen LogP contribution < -0.4 is 0 Å². The van der Waals surface area contributed by atoms with E-state index in [9.17, 15) is 5.11 Å². The van der Waals surface area contributed by atoms with Crippen molar-refractivity contribution >= 4 is 0 Å². The monoisotopic (exact) mass is 376 g/mol. The van der Waals surface area contributed by atoms with E-state index in [0.717, 1.165) is 12.8 Å². The Hall–Kier alpha value is -0.200. The third-order valence-electron chi connectivity index (χ3n) is 4.98. The van der Waals surface area contributed by atoms with Gasteiger partial charge < -0.3 is 5.11 Å². The van der Waals surface area contributed by atoms with Crippen LogP contribution in [0, 0.1) is 17.3 Å². The van der Waals surface area contributed by atoms with Crippen LogP contribution in [0.1, 0.15) is 94.9 Å². The molecule has 0 rings (SSSR count). The molecule has 0 aromatic heterocycles. The molecule has 0 fully saturated rings. The van der Waals surface area contributed by atoms with Crippen LogP contribution in [0.4, 0.5) is 0 Å². The standard InChI is InChI=1S/C21H44O5/c1-16(2)11-12-18(22)15-23-25-21(10,14-13-17(3)4)26-24-20(8,9)19(5,6)7/h16-18,22H,11-15H2,1-10H3. The predicted octanol–water partition coefficient (Wildman–Crippen LogP) is 5.66. The minimum absolute atomic E-state index is 0.0974. The van der Waals surface area contributed by atoms with Crippen LogP contribution in [-0.2, 0) is 19.6 Å². The third kappa shape index (κ3) is 10.8. The normalized spacial score (nSPS) is 17.0. The Balaban J connectivity index is 4.67. The lowest BCUT2D eigenvalue weighted by atomic mass is 9.79. The summed E-state index contributed by atoms with van der Waals surface area (Å²) in [5, 5.41) is 10.0. The fraction of sp³-hybridized carbons (Fsp3) is 1.00. The van der Waals surface area contributed by atoms with Gasteiger partial charge in [0, 0.05) is 6.42 Å². The topological polar surface area (TPSA) is 57.2 Å². The van der Waals surface area contributed by atoms with Gasteiger partial charge in [0.15, 0.2) is 0 Å². The van der Waals surface area contributed by atoms with E-state index in [1.807, 2.05) is 20.8 Å². The van der Waals surface area contributed by atoms with Crippen LogP contribution in [0.5, 0.6) is 0 Å². The summed E-state index contributed by atoms with van der Waals surface area (Å²) in [5.41, 5.74) is -0.591. The van der Waals surface area contributed by atoms with Crippen molar-refractivity contribution in [3.63, 3.8) is 0 Å². The van der Waals surface area contributed by atoms with Crippen molar-refractivity contribution in [1.82, 2.24) is 0 Å². The summed E-state index contributed by atoms with van der Waals surface area (Å²) in [7, 11) is 0. The minimum Gasteiger partial charge on any atom is -0.391 e. The number of hydrogen-bond donors (Lipinski definition) is 1. The molecule has 0 aliphatic heterocycles. The fourth-order valence-electron chi connectivity index (χ4n) is 1.81. The zero-order chi connectivity index (χ0) is 20.6. The Labute approximate surface area is 161 Å². The van der Waals surface area contributed by atoms with Crippen molar-refractivity contribution in [3.05, 3.63) is 0 Å². The minimum atomic E-state index is -1.02. The van der Waals surface area contributed by atoms with Crippen LogP contribution in [0.2, 0.25) is 0 Å². The van der Waals surface area contributed by atoms with Crippen LogP contribution in [0.25, 0.3) is 0 Å². The Bertz CT molecular complexity index is 373. The molecule has 26 heavy (non-hydrogen) atoms. The summed E-state index contributed by atoms with van der Waals surface area (Å²) in [6.45, 7) is 20.8. The van der Waals surface area contributed by atoms with Crippen LogP contribution in [0.15, 0.2) is 0 Å². The highest BCUT2D eigenvalue weighted by molar-refractivity contribution is 4.82. The molecule has 0 radical (unpaired) electrons. The quantitative estimate of drug-likeness (QED) is 0.255. The zero-order valence-electron chi connectivity index (χ0n) is 18.8. The average molecular weight is 377 g/mol. The Morgan fingerprint density at radius 1 is 0.731 bits per heavy atom. The molecule has 2 unspecified atom stereocenters. The molecule has 0 saturated carbocycles. The molecule has 5 nitrogen and oxygen atoms in total. The first-order valence-corrected chi connectivity index (χ1v) is 10.0. The van der Waals surface area contributed by atoms with Gasteiger partial charge in [0.05, 0.1) is 6.10 Å². The van der Waals surface area contributed by atoms with Gasteiger partial charge in [-0.15, -0.1) is 0 Å². The second kappa shape index (κ2) is 11.0. The molecular formula is C21H44O5. The van der Waals surface area contributed by atoms with Crippen LogP contribution in [0.3, 0.4) is 0 Å². The van der Waals surface area contributed by atoms with Crippen molar-refractivity contribution < 1.29 is 24.7 Å². The first kappa shape index (κ1) is 25.8. The van der Waals surface area contributed by atoms with Gasteiger partial charge >= 0.3 is 0 Å². The lowest BCUT2D eigenvalue weighted by molar-refractivity contribution is -0.532. The highest BCUT2D eigenvalue weighted by atomic mass is 17.3. The number of aliphatic hydroxyl groups is 1. The van der Waals surface area contributed by atoms with E-state index in [1.165, 1.54) is 0 Å². The van der Waals surface area contributed by atoms with Crippen molar-refractivity contribution in [2.45, 2.75) is 112 Å². The van der Waals surface area contributed by atoms with E-state index < -0.39 is 17.5 Å². The summed E-state index contributed by atoms with van der Waals surface area (Å²) in [6, 6.07) is 0. The SMILES string of the molecule is CC(C)CCC(O)COOC(C)(CCC(C)C)OOC(C)(C)C(C)(C)C. The molecule has 0 amide bonds. The van der Waals surface area contributed by atoms with Crippen LogP contribution in [-0.4, -0.2) is 29.2 Å². The fourth-order valence-corrected chi connectivity index (χ4v) is 1.81. The molecule has 0 aromatic rings. The molecule has 158 valence electrons. The maximum atomic E-state index is 10.0. The van der Waals surface area contributed by atoms with E-state index in [4.69, 9.17) is 19.6 Å². The zero-order valence-corrected chi connectivity index (χ0v) is 18.8. The smallest absolute Gasteiger partial charge is 0.231 e. The summed E-state index contributed by atoms with van der Waals surface area (Å²) in [6.07, 6.45) is 2.65. The highest BCUT2D eigenvalue weighted by Crippen LogP contribution is 2.35. The van der Waals surface area contributed by atoms with E-state index in [-0.39, 0.29) is 12.0 Å². The van der Waals surface area contributed by atoms with Gasteiger partial charge in [0.1, 0.15) is 12.2 Å². The molecule has 0 bridgehead atoms. The molecule has 0 heterocycles. The summed E-state index contributed by atoms with van der Waals surface area (Å²) in [4.78, 5) is 22.4. The van der Waals surface area contributed by atoms with Gasteiger partial charge in [0.2, 0.25) is 5.79 Å². The Morgan fingerprint density at radius 3 is 1.73 bits per heavy atom. The molecule has 0 aliphatic carbocycles. The second-order valence-corrected chi connectivity index (χ2v) is 9.99. The van der Waals surface area contributed by atoms with Gasteiger partial charge in [-0.05, 0) is 57.3 Å². The van der Waals surface area contributed by atoms with Gasteiger partial charge in [0.25, 0.3) is 0 Å². The summed E-state index contributed by atoms with van der Waals surface area (Å²) < 4.78 is 0. The molecule has 5 heteroatoms. The van der Waals surface area contributed by atoms with E-state index in [0.29, 0.717) is 24.7 Å². The maximum Gasteiger partial charge on any atom is 0.231 e. The summed E-state index contributed by atoms with van der Waals surface area (Å²) in [5.74, 6) is 0.0388. The van der Waals surface area contributed by atoms with Crippen molar-refractivity contribution in [3.8, 4) is 0 Å². The van der Waals surface area contributed by atoms with Crippen LogP contribution >= 0.6 is 0 Å². The largest absolute Gasteiger partial charge is 0.391 e. The van der Waals surface area contributed by atoms with Crippen molar-refractivity contribution in [1.29, 1.82) is 0 Å². The summed E-state index contributed by atoms with van der Waals surface area (Å²) >= 11 is 0. The lowest BCUT2D eigenvalue weighted by Crippen LogP contribution is -2.44. The van der Waals surface area contributed by atoms with E-state index >= 15 is 0 Å². The van der Waals surface area contributed by atoms with Gasteiger partial charge in [-0.2, -0.15) is 9.78 Å². The maximum absolute atomic E-state index is 10.0. The van der Waals surface area contributed by atoms with Crippen molar-refractivity contribution in [2.24, 2.45) is 17.3 Å². The first-order chi connectivity index (χ1) is 11.7. The lowest BCUT2D eigenvalue weighted by Gasteiger charge is -2.39. The molecule has 0 saturated heterocycles. The molecular weight excluding hydrogens is 332 g/mol. The molecule has 0 aliphatic rings. The number of aliphatic hydroxyl groups excluding tert-OH is 1. The second-order valence-electron chi connectivity index (χ2n) is 9.99. The average Bonchev–Trinajstić information content (AvgIpc) is 2.48. The number of hydrogen-bond acceptors (Lipinski definition) is 5. The predicted molar refractivity (Wildman–Crippen MR) is 105 cm³/mol. The molecule has 0 spiro atoms. The van der Waals surface area contributed by atoms with Gasteiger partial charge in [-0.25, -0.2) is 9.78 Å². The van der Waals surface area contributed by atoms with E-state index in [2.05, 4.69) is 48.5 Å². The van der Waals surface area contributed by atoms with Crippen molar-refractivity contribution in [2.75, 3.05) is 6.61 Å². The molecule has 2 atom stereocenters. The molecule has 0 aromatic carbocycles. The Kier molecular flexibility index (Phi) is 10.9. The Morgan fingerprint density at radius 2 is 1.27 bits per heavy atom. The molecule has 1 N–H and O–H groups in total. The highest BCUT2D eigenvalue weighted by Gasteiger charge is 2.39. The first-order valence-electron chi connectivity index (χ1n) is 10.0. The van der Waals surface area contributed by atoms with Gasteiger partial charge in [-0.1, -0.05) is 48.5 Å². The third-order valence-corrected chi connectivity index (χ3v) is 4.98.